The van der Waals surface area contributed by atoms with Crippen molar-refractivity contribution >= 4 is 30.6 Å². The van der Waals surface area contributed by atoms with Gasteiger partial charge in [0.1, 0.15) is 0 Å². The molecule has 0 N–H and O–H groups in total. The lowest BCUT2D eigenvalue weighted by molar-refractivity contribution is -0.137. The van der Waals surface area contributed by atoms with Crippen LogP contribution >= 0.6 is 24.8 Å². The maximum Gasteiger partial charge on any atom is 0.416 e. The van der Waals surface area contributed by atoms with Crippen molar-refractivity contribution in [1.82, 2.24) is 15.1 Å². The Morgan fingerprint density at radius 1 is 0.857 bits per heavy atom. The van der Waals surface area contributed by atoms with Crippen LogP contribution in [-0.4, -0.2) is 47.3 Å². The third-order valence-electron chi connectivity index (χ3n) is 4.74. The van der Waals surface area contributed by atoms with E-state index in [1.165, 1.54) is 12.1 Å². The molecule has 0 saturated carbocycles. The SMILES string of the molecule is CC(C)N1CCCN(c2ccc(-c3ccc(C(F)(F)F)cc3)nn2)CC1.Cl.Cl. The second-order valence-electron chi connectivity index (χ2n) is 6.82. The summed E-state index contributed by atoms with van der Waals surface area (Å²) in [5.74, 6) is 0.811. The Labute approximate surface area is 175 Å². The van der Waals surface area contributed by atoms with E-state index in [4.69, 9.17) is 0 Å². The lowest BCUT2D eigenvalue weighted by Gasteiger charge is -2.25. The van der Waals surface area contributed by atoms with Gasteiger partial charge >= 0.3 is 6.18 Å². The van der Waals surface area contributed by atoms with Crippen LogP contribution in [0.25, 0.3) is 11.3 Å². The zero-order valence-electron chi connectivity index (χ0n) is 15.8. The van der Waals surface area contributed by atoms with E-state index >= 15 is 0 Å². The predicted octanol–water partition coefficient (Wildman–Crippen LogP) is 4.93. The van der Waals surface area contributed by atoms with Gasteiger partial charge in [-0.05, 0) is 44.5 Å². The van der Waals surface area contributed by atoms with Gasteiger partial charge in [-0.3, -0.25) is 4.90 Å². The van der Waals surface area contributed by atoms with Crippen LogP contribution in [0.3, 0.4) is 0 Å². The van der Waals surface area contributed by atoms with Gasteiger partial charge in [-0.25, -0.2) is 0 Å². The largest absolute Gasteiger partial charge is 0.416 e. The molecule has 1 aromatic carbocycles. The summed E-state index contributed by atoms with van der Waals surface area (Å²) in [7, 11) is 0. The van der Waals surface area contributed by atoms with Gasteiger partial charge in [0.15, 0.2) is 5.82 Å². The number of alkyl halides is 3. The number of rotatable bonds is 3. The highest BCUT2D eigenvalue weighted by atomic mass is 35.5. The molecule has 28 heavy (non-hydrogen) atoms. The minimum atomic E-state index is -4.33. The second kappa shape index (κ2) is 10.3. The molecule has 2 heterocycles. The molecule has 0 spiro atoms. The monoisotopic (exact) mass is 436 g/mol. The molecule has 1 aliphatic heterocycles. The molecule has 4 nitrogen and oxygen atoms in total. The van der Waals surface area contributed by atoms with E-state index in [1.807, 2.05) is 12.1 Å². The van der Waals surface area contributed by atoms with Crippen LogP contribution in [0.5, 0.6) is 0 Å². The summed E-state index contributed by atoms with van der Waals surface area (Å²) in [6.07, 6.45) is -3.26. The molecule has 156 valence electrons. The molecule has 0 aliphatic carbocycles. The van der Waals surface area contributed by atoms with Crippen LogP contribution in [0.2, 0.25) is 0 Å². The first-order valence-corrected chi connectivity index (χ1v) is 8.85. The molecule has 1 aliphatic rings. The number of nitrogens with zero attached hydrogens (tertiary/aromatic N) is 4. The molecule has 3 rings (SSSR count). The van der Waals surface area contributed by atoms with Crippen molar-refractivity contribution in [3.05, 3.63) is 42.0 Å². The average Bonchev–Trinajstić information content (AvgIpc) is 2.88. The van der Waals surface area contributed by atoms with Crippen LogP contribution in [0, 0.1) is 0 Å². The first-order valence-electron chi connectivity index (χ1n) is 8.85. The van der Waals surface area contributed by atoms with Gasteiger partial charge in [-0.2, -0.15) is 13.2 Å². The Morgan fingerprint density at radius 3 is 2.07 bits per heavy atom. The fourth-order valence-electron chi connectivity index (χ4n) is 3.16. The van der Waals surface area contributed by atoms with Gasteiger partial charge in [0.2, 0.25) is 0 Å². The Kier molecular flexibility index (Phi) is 8.98. The molecule has 1 fully saturated rings. The summed E-state index contributed by atoms with van der Waals surface area (Å²) < 4.78 is 38.0. The van der Waals surface area contributed by atoms with Gasteiger partial charge in [-0.1, -0.05) is 12.1 Å². The molecule has 0 bridgehead atoms. The Hall–Kier alpha value is -1.57. The Balaban J connectivity index is 0.00000196. The van der Waals surface area contributed by atoms with Crippen molar-refractivity contribution in [3.8, 4) is 11.3 Å². The van der Waals surface area contributed by atoms with E-state index in [1.54, 1.807) is 0 Å². The Morgan fingerprint density at radius 2 is 1.54 bits per heavy atom. The molecule has 0 amide bonds. The minimum Gasteiger partial charge on any atom is -0.354 e. The highest BCUT2D eigenvalue weighted by molar-refractivity contribution is 5.85. The number of aromatic nitrogens is 2. The third-order valence-corrected chi connectivity index (χ3v) is 4.74. The lowest BCUT2D eigenvalue weighted by Crippen LogP contribution is -2.35. The molecule has 1 aromatic heterocycles. The van der Waals surface area contributed by atoms with Gasteiger partial charge in [0, 0.05) is 37.8 Å². The number of hydrogen-bond acceptors (Lipinski definition) is 4. The fraction of sp³-hybridized carbons (Fsp3) is 0.474. The van der Waals surface area contributed by atoms with Gasteiger partial charge in [0.05, 0.1) is 11.3 Å². The molecule has 1 saturated heterocycles. The molecule has 0 atom stereocenters. The quantitative estimate of drug-likeness (QED) is 0.682. The van der Waals surface area contributed by atoms with Gasteiger partial charge < -0.3 is 4.90 Å². The zero-order chi connectivity index (χ0) is 18.7. The fourth-order valence-corrected chi connectivity index (χ4v) is 3.16. The zero-order valence-corrected chi connectivity index (χ0v) is 17.4. The molecule has 9 heteroatoms. The number of halogens is 5. The van der Waals surface area contributed by atoms with E-state index in [9.17, 15) is 13.2 Å². The standard InChI is InChI=1S/C19H23F3N4.2ClH/c1-14(2)25-10-3-11-26(13-12-25)18-9-8-17(23-24-18)15-4-6-16(7-5-15)19(20,21)22;;/h4-9,14H,3,10-13H2,1-2H3;2*1H. The van der Waals surface area contributed by atoms with Crippen molar-refractivity contribution in [3.63, 3.8) is 0 Å². The maximum absolute atomic E-state index is 12.7. The minimum absolute atomic E-state index is 0. The summed E-state index contributed by atoms with van der Waals surface area (Å²) in [5.41, 5.74) is 0.533. The predicted molar refractivity (Wildman–Crippen MR) is 111 cm³/mol. The molecule has 0 radical (unpaired) electrons. The van der Waals surface area contributed by atoms with E-state index in [0.717, 1.165) is 50.6 Å². The average molecular weight is 437 g/mol. The van der Waals surface area contributed by atoms with Crippen LogP contribution in [0.1, 0.15) is 25.8 Å². The van der Waals surface area contributed by atoms with Crippen LogP contribution in [0.15, 0.2) is 36.4 Å². The first kappa shape index (κ1) is 24.5. The summed E-state index contributed by atoms with van der Waals surface area (Å²) in [6, 6.07) is 9.24. The maximum atomic E-state index is 12.7. The van der Waals surface area contributed by atoms with E-state index in [2.05, 4.69) is 33.8 Å². The number of hydrogen-bond donors (Lipinski definition) is 0. The molecular weight excluding hydrogens is 412 g/mol. The lowest BCUT2D eigenvalue weighted by atomic mass is 10.1. The molecular formula is C19H25Cl2F3N4. The van der Waals surface area contributed by atoms with Gasteiger partial charge in [0.25, 0.3) is 0 Å². The van der Waals surface area contributed by atoms with Crippen molar-refractivity contribution in [2.75, 3.05) is 31.1 Å². The second-order valence-corrected chi connectivity index (χ2v) is 6.82. The molecule has 2 aromatic rings. The number of anilines is 1. The van der Waals surface area contributed by atoms with E-state index < -0.39 is 11.7 Å². The summed E-state index contributed by atoms with van der Waals surface area (Å²) in [4.78, 5) is 4.66. The van der Waals surface area contributed by atoms with E-state index in [-0.39, 0.29) is 24.8 Å². The molecule has 0 unspecified atom stereocenters. The normalized spacial score (nSPS) is 15.6. The smallest absolute Gasteiger partial charge is 0.354 e. The summed E-state index contributed by atoms with van der Waals surface area (Å²) in [5, 5.41) is 8.51. The van der Waals surface area contributed by atoms with Crippen molar-refractivity contribution < 1.29 is 13.2 Å². The highest BCUT2D eigenvalue weighted by Gasteiger charge is 2.30. The topological polar surface area (TPSA) is 32.3 Å². The highest BCUT2D eigenvalue weighted by Crippen LogP contribution is 2.30. The summed E-state index contributed by atoms with van der Waals surface area (Å²) in [6.45, 7) is 8.29. The van der Waals surface area contributed by atoms with Crippen molar-refractivity contribution in [2.24, 2.45) is 0 Å². The van der Waals surface area contributed by atoms with Crippen molar-refractivity contribution in [2.45, 2.75) is 32.5 Å². The van der Waals surface area contributed by atoms with Crippen LogP contribution in [-0.2, 0) is 6.18 Å². The van der Waals surface area contributed by atoms with E-state index in [0.29, 0.717) is 17.3 Å². The van der Waals surface area contributed by atoms with Crippen molar-refractivity contribution in [1.29, 1.82) is 0 Å². The number of benzene rings is 1. The van der Waals surface area contributed by atoms with Crippen LogP contribution < -0.4 is 4.90 Å². The van der Waals surface area contributed by atoms with Gasteiger partial charge in [-0.15, -0.1) is 35.0 Å². The Bertz CT molecular complexity index is 721. The first-order chi connectivity index (χ1) is 12.3. The van der Waals surface area contributed by atoms with Crippen LogP contribution in [0.4, 0.5) is 19.0 Å². The summed E-state index contributed by atoms with van der Waals surface area (Å²) >= 11 is 0. The third kappa shape index (κ3) is 5.96.